The van der Waals surface area contributed by atoms with Crippen molar-refractivity contribution in [1.29, 1.82) is 0 Å². The Labute approximate surface area is 138 Å². The van der Waals surface area contributed by atoms with Crippen molar-refractivity contribution in [3.8, 4) is 5.69 Å². The number of rotatable bonds is 2. The third kappa shape index (κ3) is 2.67. The summed E-state index contributed by atoms with van der Waals surface area (Å²) in [5.41, 5.74) is 3.24. The highest BCUT2D eigenvalue weighted by atomic mass is 19.1. The predicted molar refractivity (Wildman–Crippen MR) is 86.2 cm³/mol. The summed E-state index contributed by atoms with van der Waals surface area (Å²) < 4.78 is 14.7. The first-order valence-electron chi connectivity index (χ1n) is 7.75. The van der Waals surface area contributed by atoms with Gasteiger partial charge in [0.1, 0.15) is 5.82 Å². The lowest BCUT2D eigenvalue weighted by Gasteiger charge is -2.28. The Kier molecular flexibility index (Phi) is 3.57. The molecule has 3 aromatic rings. The highest BCUT2D eigenvalue weighted by molar-refractivity contribution is 5.92. The van der Waals surface area contributed by atoms with Crippen LogP contribution in [0.15, 0.2) is 54.7 Å². The average Bonchev–Trinajstić information content (AvgIpc) is 3.11. The number of aromatic nitrogens is 3. The Morgan fingerprint density at radius 3 is 2.75 bits per heavy atom. The van der Waals surface area contributed by atoms with Gasteiger partial charge >= 0.3 is 0 Å². The summed E-state index contributed by atoms with van der Waals surface area (Å²) in [6, 6.07) is 14.1. The molecule has 0 bridgehead atoms. The van der Waals surface area contributed by atoms with E-state index in [9.17, 15) is 9.18 Å². The van der Waals surface area contributed by atoms with Crippen molar-refractivity contribution in [1.82, 2.24) is 19.9 Å². The molecule has 120 valence electrons. The van der Waals surface area contributed by atoms with Gasteiger partial charge in [-0.15, -0.1) is 5.10 Å². The third-order valence-corrected chi connectivity index (χ3v) is 4.20. The van der Waals surface area contributed by atoms with Gasteiger partial charge in [0, 0.05) is 13.1 Å². The minimum absolute atomic E-state index is 0.160. The number of hydrogen-bond donors (Lipinski definition) is 0. The zero-order chi connectivity index (χ0) is 16.5. The molecule has 5 nitrogen and oxygen atoms in total. The lowest BCUT2D eigenvalue weighted by molar-refractivity contribution is 0.0728. The molecule has 0 spiro atoms. The first-order chi connectivity index (χ1) is 11.7. The van der Waals surface area contributed by atoms with Gasteiger partial charge < -0.3 is 4.90 Å². The van der Waals surface area contributed by atoms with Crippen LogP contribution >= 0.6 is 0 Å². The fourth-order valence-corrected chi connectivity index (χ4v) is 2.94. The molecule has 24 heavy (non-hydrogen) atoms. The van der Waals surface area contributed by atoms with E-state index >= 15 is 0 Å². The van der Waals surface area contributed by atoms with E-state index in [4.69, 9.17) is 0 Å². The van der Waals surface area contributed by atoms with Gasteiger partial charge in [0.15, 0.2) is 5.69 Å². The average molecular weight is 322 g/mol. The summed E-state index contributed by atoms with van der Waals surface area (Å²) in [6.45, 7) is 1.23. The normalized spacial score (nSPS) is 13.6. The van der Waals surface area contributed by atoms with Crippen LogP contribution in [-0.4, -0.2) is 32.3 Å². The van der Waals surface area contributed by atoms with Crippen molar-refractivity contribution in [2.24, 2.45) is 0 Å². The molecule has 0 saturated carbocycles. The first-order valence-corrected chi connectivity index (χ1v) is 7.75. The molecule has 0 saturated heterocycles. The molecule has 0 N–H and O–H groups in total. The summed E-state index contributed by atoms with van der Waals surface area (Å²) in [7, 11) is 0. The Hall–Kier alpha value is -3.02. The Balaban J connectivity index is 1.56. The summed E-state index contributed by atoms with van der Waals surface area (Å²) in [5, 5.41) is 7.89. The Morgan fingerprint density at radius 1 is 1.08 bits per heavy atom. The van der Waals surface area contributed by atoms with Crippen molar-refractivity contribution in [3.63, 3.8) is 0 Å². The van der Waals surface area contributed by atoms with Crippen molar-refractivity contribution < 1.29 is 9.18 Å². The second-order valence-electron chi connectivity index (χ2n) is 5.77. The van der Waals surface area contributed by atoms with Gasteiger partial charge in [0.05, 0.1) is 11.9 Å². The van der Waals surface area contributed by atoms with Gasteiger partial charge in [-0.05, 0) is 35.7 Å². The number of halogens is 1. The van der Waals surface area contributed by atoms with E-state index in [1.165, 1.54) is 28.6 Å². The molecule has 0 fully saturated rings. The lowest BCUT2D eigenvalue weighted by Crippen LogP contribution is -2.36. The van der Waals surface area contributed by atoms with Crippen molar-refractivity contribution >= 4 is 5.91 Å². The van der Waals surface area contributed by atoms with Gasteiger partial charge in [0.25, 0.3) is 5.91 Å². The largest absolute Gasteiger partial charge is 0.333 e. The zero-order valence-corrected chi connectivity index (χ0v) is 12.9. The minimum Gasteiger partial charge on any atom is -0.333 e. The molecule has 1 aromatic heterocycles. The molecule has 0 unspecified atom stereocenters. The lowest BCUT2D eigenvalue weighted by atomic mass is 10.00. The quantitative estimate of drug-likeness (QED) is 0.729. The van der Waals surface area contributed by atoms with Crippen LogP contribution in [0.4, 0.5) is 4.39 Å². The fourth-order valence-electron chi connectivity index (χ4n) is 2.94. The maximum absolute atomic E-state index is 13.3. The Bertz CT molecular complexity index is 905. The molecule has 2 aromatic carbocycles. The number of carbonyl (C=O) groups excluding carboxylic acids is 1. The van der Waals surface area contributed by atoms with Crippen molar-refractivity contribution in [3.05, 3.63) is 77.4 Å². The van der Waals surface area contributed by atoms with E-state index in [-0.39, 0.29) is 17.4 Å². The summed E-state index contributed by atoms with van der Waals surface area (Å²) in [6.07, 6.45) is 2.37. The second kappa shape index (κ2) is 5.88. The standard InChI is InChI=1S/C18H15FN4O/c19-15-6-3-7-16(10-15)23-12-17(20-21-23)18(24)22-9-8-13-4-1-2-5-14(13)11-22/h1-7,10,12H,8-9,11H2. The highest BCUT2D eigenvalue weighted by Gasteiger charge is 2.23. The molecule has 1 amide bonds. The molecule has 0 radical (unpaired) electrons. The van der Waals surface area contributed by atoms with Crippen LogP contribution in [0.25, 0.3) is 5.69 Å². The fraction of sp³-hybridized carbons (Fsp3) is 0.167. The summed E-state index contributed by atoms with van der Waals surface area (Å²) in [5.74, 6) is -0.518. The maximum Gasteiger partial charge on any atom is 0.276 e. The molecule has 1 aliphatic rings. The molecule has 6 heteroatoms. The van der Waals surface area contributed by atoms with Gasteiger partial charge in [0.2, 0.25) is 0 Å². The molecular weight excluding hydrogens is 307 g/mol. The van der Waals surface area contributed by atoms with E-state index in [1.807, 2.05) is 18.2 Å². The minimum atomic E-state index is -0.358. The number of carbonyl (C=O) groups is 1. The van der Waals surface area contributed by atoms with Crippen LogP contribution in [0.1, 0.15) is 21.6 Å². The Morgan fingerprint density at radius 2 is 1.92 bits per heavy atom. The first kappa shape index (κ1) is 14.6. The van der Waals surface area contributed by atoms with Crippen LogP contribution in [0.2, 0.25) is 0 Å². The van der Waals surface area contributed by atoms with Gasteiger partial charge in [-0.3, -0.25) is 4.79 Å². The maximum atomic E-state index is 13.3. The molecule has 4 rings (SSSR count). The van der Waals surface area contributed by atoms with E-state index < -0.39 is 0 Å². The molecule has 2 heterocycles. The van der Waals surface area contributed by atoms with Gasteiger partial charge in [-0.2, -0.15) is 0 Å². The number of fused-ring (bicyclic) bond motifs is 1. The number of hydrogen-bond acceptors (Lipinski definition) is 3. The van der Waals surface area contributed by atoms with Gasteiger partial charge in [-0.25, -0.2) is 9.07 Å². The SMILES string of the molecule is O=C(c1cn(-c2cccc(F)c2)nn1)N1CCc2ccccc2C1. The van der Waals surface area contributed by atoms with Crippen molar-refractivity contribution in [2.45, 2.75) is 13.0 Å². The van der Waals surface area contributed by atoms with E-state index in [0.717, 1.165) is 12.0 Å². The van der Waals surface area contributed by atoms with Crippen molar-refractivity contribution in [2.75, 3.05) is 6.54 Å². The summed E-state index contributed by atoms with van der Waals surface area (Å²) >= 11 is 0. The van der Waals surface area contributed by atoms with E-state index in [2.05, 4.69) is 16.4 Å². The van der Waals surface area contributed by atoms with Crippen LogP contribution in [-0.2, 0) is 13.0 Å². The molecule has 1 aliphatic heterocycles. The van der Waals surface area contributed by atoms with E-state index in [0.29, 0.717) is 18.8 Å². The van der Waals surface area contributed by atoms with Gasteiger partial charge in [-0.1, -0.05) is 35.5 Å². The topological polar surface area (TPSA) is 51.0 Å². The molecule has 0 aliphatic carbocycles. The highest BCUT2D eigenvalue weighted by Crippen LogP contribution is 2.20. The monoisotopic (exact) mass is 322 g/mol. The smallest absolute Gasteiger partial charge is 0.276 e. The van der Waals surface area contributed by atoms with Crippen LogP contribution in [0, 0.1) is 5.82 Å². The van der Waals surface area contributed by atoms with E-state index in [1.54, 1.807) is 17.0 Å². The van der Waals surface area contributed by atoms with Crippen LogP contribution in [0.3, 0.4) is 0 Å². The number of amides is 1. The molecule has 0 atom stereocenters. The zero-order valence-electron chi connectivity index (χ0n) is 12.9. The summed E-state index contributed by atoms with van der Waals surface area (Å²) in [4.78, 5) is 14.4. The number of nitrogens with zero attached hydrogens (tertiary/aromatic N) is 4. The second-order valence-corrected chi connectivity index (χ2v) is 5.77. The van der Waals surface area contributed by atoms with Crippen LogP contribution in [0.5, 0.6) is 0 Å². The van der Waals surface area contributed by atoms with Crippen LogP contribution < -0.4 is 0 Å². The molecular formula is C18H15FN4O. The third-order valence-electron chi connectivity index (χ3n) is 4.20. The number of benzene rings is 2. The predicted octanol–water partition coefficient (Wildman–Crippen LogP) is 2.60.